The van der Waals surface area contributed by atoms with E-state index in [4.69, 9.17) is 4.74 Å². The molecule has 0 amide bonds. The molecule has 1 aliphatic rings. The summed E-state index contributed by atoms with van der Waals surface area (Å²) in [6.07, 6.45) is -4.92. The van der Waals surface area contributed by atoms with Crippen molar-refractivity contribution in [1.82, 2.24) is 5.32 Å². The Kier molecular flexibility index (Phi) is 4.21. The van der Waals surface area contributed by atoms with Gasteiger partial charge in [-0.15, -0.1) is 0 Å². The standard InChI is InChI=1S/C13H14F3NO2/c14-13(15,16)11-4-2-1-3-10(11)12(18)7-9-8-17-5-6-19-9/h1-4,9,17H,5-8H2. The van der Waals surface area contributed by atoms with Gasteiger partial charge in [-0.05, 0) is 6.07 Å². The minimum atomic E-state index is -4.52. The minimum Gasteiger partial charge on any atom is -0.375 e. The number of alkyl halides is 3. The van der Waals surface area contributed by atoms with Gasteiger partial charge in [-0.25, -0.2) is 0 Å². The van der Waals surface area contributed by atoms with Crippen LogP contribution in [0.1, 0.15) is 22.3 Å². The Hall–Kier alpha value is -1.40. The van der Waals surface area contributed by atoms with Crippen LogP contribution in [-0.4, -0.2) is 31.6 Å². The van der Waals surface area contributed by atoms with Crippen molar-refractivity contribution in [3.8, 4) is 0 Å². The van der Waals surface area contributed by atoms with Gasteiger partial charge in [0.2, 0.25) is 0 Å². The van der Waals surface area contributed by atoms with Gasteiger partial charge in [-0.2, -0.15) is 13.2 Å². The molecule has 1 N–H and O–H groups in total. The lowest BCUT2D eigenvalue weighted by atomic mass is 9.99. The number of morpholine rings is 1. The van der Waals surface area contributed by atoms with E-state index < -0.39 is 17.5 Å². The van der Waals surface area contributed by atoms with E-state index >= 15 is 0 Å². The van der Waals surface area contributed by atoms with Crippen LogP contribution in [0.3, 0.4) is 0 Å². The molecular weight excluding hydrogens is 259 g/mol. The van der Waals surface area contributed by atoms with E-state index in [1.54, 1.807) is 0 Å². The second-order valence-corrected chi connectivity index (χ2v) is 4.37. The molecule has 1 aliphatic heterocycles. The lowest BCUT2D eigenvalue weighted by Gasteiger charge is -2.23. The number of carbonyl (C=O) groups excluding carboxylic acids is 1. The summed E-state index contributed by atoms with van der Waals surface area (Å²) in [5.74, 6) is -0.540. The Morgan fingerprint density at radius 3 is 2.74 bits per heavy atom. The molecule has 1 saturated heterocycles. The van der Waals surface area contributed by atoms with Crippen molar-refractivity contribution in [2.24, 2.45) is 0 Å². The number of hydrogen-bond donors (Lipinski definition) is 1. The van der Waals surface area contributed by atoms with E-state index in [0.717, 1.165) is 6.07 Å². The molecule has 1 aromatic rings. The Morgan fingerprint density at radius 2 is 2.11 bits per heavy atom. The third kappa shape index (κ3) is 3.54. The third-order valence-electron chi connectivity index (χ3n) is 2.95. The highest BCUT2D eigenvalue weighted by Crippen LogP contribution is 2.32. The Labute approximate surface area is 108 Å². The molecule has 1 heterocycles. The first-order valence-corrected chi connectivity index (χ1v) is 6.00. The van der Waals surface area contributed by atoms with E-state index in [1.165, 1.54) is 18.2 Å². The number of nitrogens with one attached hydrogen (secondary N) is 1. The predicted octanol–water partition coefficient (Wildman–Crippen LogP) is 2.27. The normalized spacial score (nSPS) is 20.3. The summed E-state index contributed by atoms with van der Waals surface area (Å²) < 4.78 is 43.7. The van der Waals surface area contributed by atoms with E-state index in [1.807, 2.05) is 0 Å². The molecule has 19 heavy (non-hydrogen) atoms. The van der Waals surface area contributed by atoms with Gasteiger partial charge in [0.15, 0.2) is 5.78 Å². The molecule has 0 bridgehead atoms. The third-order valence-corrected chi connectivity index (χ3v) is 2.95. The number of Topliss-reactive ketones (excluding diaryl/α,β-unsaturated/α-hetero) is 1. The summed E-state index contributed by atoms with van der Waals surface area (Å²) in [6.45, 7) is 1.66. The lowest BCUT2D eigenvalue weighted by molar-refractivity contribution is -0.137. The van der Waals surface area contributed by atoms with Crippen molar-refractivity contribution < 1.29 is 22.7 Å². The first-order valence-electron chi connectivity index (χ1n) is 6.00. The van der Waals surface area contributed by atoms with Crippen LogP contribution in [-0.2, 0) is 10.9 Å². The molecule has 0 spiro atoms. The number of rotatable bonds is 3. The molecule has 0 aromatic heterocycles. The van der Waals surface area contributed by atoms with Crippen molar-refractivity contribution in [3.05, 3.63) is 35.4 Å². The van der Waals surface area contributed by atoms with Gasteiger partial charge < -0.3 is 10.1 Å². The lowest BCUT2D eigenvalue weighted by Crippen LogP contribution is -2.39. The minimum absolute atomic E-state index is 0.0416. The maximum atomic E-state index is 12.8. The topological polar surface area (TPSA) is 38.3 Å². The van der Waals surface area contributed by atoms with Crippen molar-refractivity contribution >= 4 is 5.78 Å². The smallest absolute Gasteiger partial charge is 0.375 e. The van der Waals surface area contributed by atoms with E-state index in [2.05, 4.69) is 5.32 Å². The van der Waals surface area contributed by atoms with Crippen LogP contribution in [0.4, 0.5) is 13.2 Å². The number of carbonyl (C=O) groups is 1. The van der Waals surface area contributed by atoms with Gasteiger partial charge in [0.1, 0.15) is 0 Å². The molecule has 104 valence electrons. The number of benzene rings is 1. The number of ether oxygens (including phenoxy) is 1. The number of ketones is 1. The maximum absolute atomic E-state index is 12.8. The van der Waals surface area contributed by atoms with Crippen molar-refractivity contribution in [3.63, 3.8) is 0 Å². The van der Waals surface area contributed by atoms with Gasteiger partial charge in [0.25, 0.3) is 0 Å². The highest BCUT2D eigenvalue weighted by Gasteiger charge is 2.35. The summed E-state index contributed by atoms with van der Waals surface area (Å²) in [5, 5.41) is 3.04. The average molecular weight is 273 g/mol. The Balaban J connectivity index is 2.14. The fraction of sp³-hybridized carbons (Fsp3) is 0.462. The van der Waals surface area contributed by atoms with Crippen LogP contribution in [0.2, 0.25) is 0 Å². The first-order chi connectivity index (χ1) is 8.98. The van der Waals surface area contributed by atoms with Crippen LogP contribution in [0, 0.1) is 0 Å². The first kappa shape index (κ1) is 14.0. The molecular formula is C13H14F3NO2. The van der Waals surface area contributed by atoms with Crippen molar-refractivity contribution in [2.45, 2.75) is 18.7 Å². The van der Waals surface area contributed by atoms with E-state index in [-0.39, 0.29) is 18.1 Å². The van der Waals surface area contributed by atoms with Crippen LogP contribution in [0.15, 0.2) is 24.3 Å². The van der Waals surface area contributed by atoms with Crippen LogP contribution in [0.25, 0.3) is 0 Å². The number of halogens is 3. The second kappa shape index (κ2) is 5.71. The molecule has 0 radical (unpaired) electrons. The fourth-order valence-electron chi connectivity index (χ4n) is 2.04. The molecule has 6 heteroatoms. The molecule has 0 saturated carbocycles. The van der Waals surface area contributed by atoms with Gasteiger partial charge >= 0.3 is 6.18 Å². The monoisotopic (exact) mass is 273 g/mol. The zero-order valence-corrected chi connectivity index (χ0v) is 10.2. The molecule has 1 aromatic carbocycles. The molecule has 1 fully saturated rings. The van der Waals surface area contributed by atoms with Gasteiger partial charge in [0, 0.05) is 25.1 Å². The van der Waals surface area contributed by atoms with Gasteiger partial charge in [0.05, 0.1) is 18.3 Å². The summed E-state index contributed by atoms with van der Waals surface area (Å²) in [4.78, 5) is 12.0. The van der Waals surface area contributed by atoms with Crippen molar-refractivity contribution in [2.75, 3.05) is 19.7 Å². The van der Waals surface area contributed by atoms with Gasteiger partial charge in [-0.3, -0.25) is 4.79 Å². The highest BCUT2D eigenvalue weighted by molar-refractivity contribution is 5.98. The Bertz CT molecular complexity index is 453. The summed E-state index contributed by atoms with van der Waals surface area (Å²) in [6, 6.07) is 4.84. The van der Waals surface area contributed by atoms with E-state index in [9.17, 15) is 18.0 Å². The van der Waals surface area contributed by atoms with E-state index in [0.29, 0.717) is 19.7 Å². The largest absolute Gasteiger partial charge is 0.417 e. The predicted molar refractivity (Wildman–Crippen MR) is 63.0 cm³/mol. The summed E-state index contributed by atoms with van der Waals surface area (Å²) >= 11 is 0. The molecule has 1 unspecified atom stereocenters. The fourth-order valence-corrected chi connectivity index (χ4v) is 2.04. The quantitative estimate of drug-likeness (QED) is 0.859. The molecule has 0 aliphatic carbocycles. The second-order valence-electron chi connectivity index (χ2n) is 4.37. The summed E-state index contributed by atoms with van der Waals surface area (Å²) in [7, 11) is 0. The summed E-state index contributed by atoms with van der Waals surface area (Å²) in [5.41, 5.74) is -1.17. The van der Waals surface area contributed by atoms with Crippen molar-refractivity contribution in [1.29, 1.82) is 0 Å². The number of hydrogen-bond acceptors (Lipinski definition) is 3. The highest BCUT2D eigenvalue weighted by atomic mass is 19.4. The SMILES string of the molecule is O=C(CC1CNCCO1)c1ccccc1C(F)(F)F. The maximum Gasteiger partial charge on any atom is 0.417 e. The average Bonchev–Trinajstić information content (AvgIpc) is 2.39. The Morgan fingerprint density at radius 1 is 1.37 bits per heavy atom. The van der Waals surface area contributed by atoms with Gasteiger partial charge in [-0.1, -0.05) is 18.2 Å². The zero-order chi connectivity index (χ0) is 13.9. The van der Waals surface area contributed by atoms with Crippen LogP contribution >= 0.6 is 0 Å². The zero-order valence-electron chi connectivity index (χ0n) is 10.2. The van der Waals surface area contributed by atoms with Crippen LogP contribution < -0.4 is 5.32 Å². The molecule has 1 atom stereocenters. The molecule has 3 nitrogen and oxygen atoms in total. The van der Waals surface area contributed by atoms with Crippen LogP contribution in [0.5, 0.6) is 0 Å². The molecule has 2 rings (SSSR count).